The molecule has 3 aromatic carbocycles. The number of aromatic nitrogens is 3. The average Bonchev–Trinajstić information content (AvgIpc) is 3.39. The fourth-order valence-electron chi connectivity index (χ4n) is 3.46. The molecular formula is C24H15F3N4OS. The molecule has 0 atom stereocenters. The largest absolute Gasteiger partial charge is 0.433 e. The summed E-state index contributed by atoms with van der Waals surface area (Å²) < 4.78 is 42.9. The Bertz CT molecular complexity index is 1500. The lowest BCUT2D eigenvalue weighted by molar-refractivity contribution is -0.141. The van der Waals surface area contributed by atoms with Crippen LogP contribution in [0.15, 0.2) is 88.6 Å². The van der Waals surface area contributed by atoms with Crippen molar-refractivity contribution in [3.8, 4) is 16.3 Å². The van der Waals surface area contributed by atoms with Crippen LogP contribution < -0.4 is 5.56 Å². The molecule has 0 spiro atoms. The summed E-state index contributed by atoms with van der Waals surface area (Å²) in [5, 5.41) is 2.31. The molecule has 0 fully saturated rings. The zero-order chi connectivity index (χ0) is 23.0. The Labute approximate surface area is 189 Å². The van der Waals surface area contributed by atoms with Gasteiger partial charge in [0.25, 0.3) is 5.56 Å². The van der Waals surface area contributed by atoms with Crippen molar-refractivity contribution in [1.29, 1.82) is 0 Å². The van der Waals surface area contributed by atoms with Crippen LogP contribution in [0.5, 0.6) is 0 Å². The van der Waals surface area contributed by atoms with E-state index in [0.29, 0.717) is 11.2 Å². The molecule has 164 valence electrons. The molecule has 0 radical (unpaired) electrons. The zero-order valence-corrected chi connectivity index (χ0v) is 17.7. The number of nitrogens with zero attached hydrogens (tertiary/aromatic N) is 3. The first-order chi connectivity index (χ1) is 15.9. The topological polar surface area (TPSA) is 63.0 Å². The first kappa shape index (κ1) is 20.9. The fourth-order valence-corrected chi connectivity index (χ4v) is 4.38. The summed E-state index contributed by atoms with van der Waals surface area (Å²) in [6, 6.07) is 23.5. The molecule has 0 saturated carbocycles. The number of thiazole rings is 1. The number of para-hydroxylation sites is 2. The van der Waals surface area contributed by atoms with Crippen molar-refractivity contribution < 1.29 is 13.2 Å². The SMILES string of the molecule is O=c1c(C=Nc2ccccc2-c2ccccc2)c(C(F)(F)F)[nH]n1-c1nc2ccccc2s1. The summed E-state index contributed by atoms with van der Waals surface area (Å²) in [7, 11) is 0. The van der Waals surface area contributed by atoms with E-state index < -0.39 is 23.0 Å². The Balaban J connectivity index is 1.62. The fraction of sp³-hybridized carbons (Fsp3) is 0.0417. The second-order valence-corrected chi connectivity index (χ2v) is 8.15. The minimum absolute atomic E-state index is 0.121. The summed E-state index contributed by atoms with van der Waals surface area (Å²) >= 11 is 1.12. The van der Waals surface area contributed by atoms with E-state index in [2.05, 4.69) is 15.1 Å². The molecule has 5 rings (SSSR count). The van der Waals surface area contributed by atoms with E-state index >= 15 is 0 Å². The maximum absolute atomic E-state index is 13.8. The van der Waals surface area contributed by atoms with Gasteiger partial charge in [-0.2, -0.15) is 17.9 Å². The Morgan fingerprint density at radius 1 is 0.939 bits per heavy atom. The van der Waals surface area contributed by atoms with Crippen molar-refractivity contribution in [1.82, 2.24) is 14.8 Å². The van der Waals surface area contributed by atoms with Crippen molar-refractivity contribution >= 4 is 33.5 Å². The number of halogens is 3. The minimum Gasteiger partial charge on any atom is -0.284 e. The molecule has 0 unspecified atom stereocenters. The van der Waals surface area contributed by atoms with Gasteiger partial charge in [-0.3, -0.25) is 14.9 Å². The predicted molar refractivity (Wildman–Crippen MR) is 124 cm³/mol. The molecule has 0 bridgehead atoms. The number of hydrogen-bond donors (Lipinski definition) is 1. The summed E-state index contributed by atoms with van der Waals surface area (Å²) in [6.45, 7) is 0. The molecule has 0 aliphatic rings. The molecule has 0 aliphatic heterocycles. The first-order valence-electron chi connectivity index (χ1n) is 9.88. The van der Waals surface area contributed by atoms with Crippen LogP contribution in [0.3, 0.4) is 0 Å². The summed E-state index contributed by atoms with van der Waals surface area (Å²) in [5.41, 5.74) is 0.0235. The Morgan fingerprint density at radius 3 is 2.39 bits per heavy atom. The normalized spacial score (nSPS) is 12.1. The lowest BCUT2D eigenvalue weighted by Crippen LogP contribution is -2.17. The zero-order valence-electron chi connectivity index (χ0n) is 16.9. The summed E-state index contributed by atoms with van der Waals surface area (Å²) in [4.78, 5) is 21.5. The van der Waals surface area contributed by atoms with Crippen LogP contribution >= 0.6 is 11.3 Å². The highest BCUT2D eigenvalue weighted by Gasteiger charge is 2.38. The average molecular weight is 464 g/mol. The second kappa shape index (κ2) is 8.18. The van der Waals surface area contributed by atoms with E-state index in [1.54, 1.807) is 36.4 Å². The van der Waals surface area contributed by atoms with Crippen LogP contribution in [0, 0.1) is 0 Å². The molecule has 5 aromatic rings. The summed E-state index contributed by atoms with van der Waals surface area (Å²) in [5.74, 6) is 0. The van der Waals surface area contributed by atoms with Crippen LogP contribution in [0.2, 0.25) is 0 Å². The van der Waals surface area contributed by atoms with E-state index in [4.69, 9.17) is 0 Å². The van der Waals surface area contributed by atoms with Gasteiger partial charge in [0.1, 0.15) is 0 Å². The highest BCUT2D eigenvalue weighted by molar-refractivity contribution is 7.20. The number of alkyl halides is 3. The van der Waals surface area contributed by atoms with Crippen molar-refractivity contribution in [3.05, 3.63) is 100 Å². The van der Waals surface area contributed by atoms with E-state index in [1.807, 2.05) is 42.5 Å². The molecule has 0 saturated heterocycles. The molecule has 2 heterocycles. The molecule has 1 N–H and O–H groups in total. The van der Waals surface area contributed by atoms with Crippen molar-refractivity contribution in [2.45, 2.75) is 6.18 Å². The van der Waals surface area contributed by atoms with Crippen LogP contribution in [-0.2, 0) is 6.18 Å². The third-order valence-electron chi connectivity index (χ3n) is 5.01. The van der Waals surface area contributed by atoms with E-state index in [-0.39, 0.29) is 5.13 Å². The van der Waals surface area contributed by atoms with Crippen LogP contribution in [0.1, 0.15) is 11.3 Å². The Morgan fingerprint density at radius 2 is 1.64 bits per heavy atom. The first-order valence-corrected chi connectivity index (χ1v) is 10.7. The van der Waals surface area contributed by atoms with Gasteiger partial charge in [-0.15, -0.1) is 0 Å². The number of fused-ring (bicyclic) bond motifs is 1. The second-order valence-electron chi connectivity index (χ2n) is 7.14. The molecule has 9 heteroatoms. The Hall–Kier alpha value is -3.98. The summed E-state index contributed by atoms with van der Waals surface area (Å²) in [6.07, 6.45) is -3.81. The van der Waals surface area contributed by atoms with Crippen molar-refractivity contribution in [2.24, 2.45) is 4.99 Å². The number of aromatic amines is 1. The Kier molecular flexibility index (Phi) is 5.18. The quantitative estimate of drug-likeness (QED) is 0.321. The van der Waals surface area contributed by atoms with E-state index in [9.17, 15) is 18.0 Å². The maximum atomic E-state index is 13.8. The van der Waals surface area contributed by atoms with Crippen molar-refractivity contribution in [3.63, 3.8) is 0 Å². The van der Waals surface area contributed by atoms with Gasteiger partial charge in [-0.25, -0.2) is 4.98 Å². The third-order valence-corrected chi connectivity index (χ3v) is 6.03. The van der Waals surface area contributed by atoms with E-state index in [1.165, 1.54) is 0 Å². The maximum Gasteiger partial charge on any atom is 0.433 e. The molecule has 0 aliphatic carbocycles. The molecular weight excluding hydrogens is 449 g/mol. The van der Waals surface area contributed by atoms with Gasteiger partial charge in [0.2, 0.25) is 5.13 Å². The molecule has 2 aromatic heterocycles. The number of nitrogens with one attached hydrogen (secondary N) is 1. The predicted octanol–water partition coefficient (Wildman–Crippen LogP) is 6.21. The number of rotatable bonds is 4. The van der Waals surface area contributed by atoms with E-state index in [0.717, 1.165) is 38.1 Å². The van der Waals surface area contributed by atoms with Gasteiger partial charge in [0, 0.05) is 11.8 Å². The smallest absolute Gasteiger partial charge is 0.284 e. The van der Waals surface area contributed by atoms with Crippen LogP contribution in [-0.4, -0.2) is 21.0 Å². The van der Waals surface area contributed by atoms with Crippen molar-refractivity contribution in [2.75, 3.05) is 0 Å². The van der Waals surface area contributed by atoms with Gasteiger partial charge in [0.05, 0.1) is 21.5 Å². The molecule has 0 amide bonds. The van der Waals surface area contributed by atoms with Gasteiger partial charge in [-0.05, 0) is 23.8 Å². The number of hydrogen-bond acceptors (Lipinski definition) is 4. The molecule has 5 nitrogen and oxygen atoms in total. The third kappa shape index (κ3) is 3.98. The van der Waals surface area contributed by atoms with Gasteiger partial charge in [0.15, 0.2) is 5.69 Å². The van der Waals surface area contributed by atoms with Crippen LogP contribution in [0.25, 0.3) is 26.5 Å². The lowest BCUT2D eigenvalue weighted by atomic mass is 10.0. The number of H-pyrrole nitrogens is 1. The van der Waals surface area contributed by atoms with Gasteiger partial charge >= 0.3 is 6.18 Å². The lowest BCUT2D eigenvalue weighted by Gasteiger charge is -2.06. The monoisotopic (exact) mass is 464 g/mol. The van der Waals surface area contributed by atoms with Gasteiger partial charge in [-0.1, -0.05) is 72.0 Å². The minimum atomic E-state index is -4.78. The van der Waals surface area contributed by atoms with Gasteiger partial charge < -0.3 is 0 Å². The number of aliphatic imine (C=N–C) groups is 1. The van der Waals surface area contributed by atoms with Crippen LogP contribution in [0.4, 0.5) is 18.9 Å². The highest BCUT2D eigenvalue weighted by atomic mass is 32.1. The highest BCUT2D eigenvalue weighted by Crippen LogP contribution is 2.32. The number of benzene rings is 3. The standard InChI is InChI=1S/C24H15F3N4OS/c25-24(26,27)21-17(14-28-18-11-5-4-10-16(18)15-8-2-1-3-9-15)22(32)31(30-21)23-29-19-12-6-7-13-20(19)33-23/h1-14,30H. The molecule has 33 heavy (non-hydrogen) atoms.